The third-order valence-electron chi connectivity index (χ3n) is 4.59. The molecule has 33 heavy (non-hydrogen) atoms. The van der Waals surface area contributed by atoms with Crippen molar-refractivity contribution in [2.24, 2.45) is 0 Å². The Morgan fingerprint density at radius 1 is 1.27 bits per heavy atom. The molecule has 3 aromatic rings. The van der Waals surface area contributed by atoms with Crippen LogP contribution < -0.4 is 10.1 Å². The van der Waals surface area contributed by atoms with E-state index in [0.717, 1.165) is 16.9 Å². The topological polar surface area (TPSA) is 95.3 Å². The van der Waals surface area contributed by atoms with Crippen molar-refractivity contribution in [3.05, 3.63) is 53.4 Å². The highest BCUT2D eigenvalue weighted by molar-refractivity contribution is 7.99. The zero-order valence-electron chi connectivity index (χ0n) is 18.8. The average Bonchev–Trinajstić information content (AvgIpc) is 3.42. The van der Waals surface area contributed by atoms with E-state index in [0.29, 0.717) is 33.8 Å². The molecule has 0 spiro atoms. The zero-order chi connectivity index (χ0) is 23.8. The monoisotopic (exact) mass is 486 g/mol. The van der Waals surface area contributed by atoms with Gasteiger partial charge >= 0.3 is 5.97 Å². The van der Waals surface area contributed by atoms with E-state index in [1.54, 1.807) is 26.2 Å². The number of ether oxygens (including phenoxy) is 2. The second kappa shape index (κ2) is 11.7. The molecule has 0 saturated carbocycles. The molecule has 0 unspecified atom stereocenters. The van der Waals surface area contributed by atoms with Crippen molar-refractivity contribution < 1.29 is 19.1 Å². The summed E-state index contributed by atoms with van der Waals surface area (Å²) in [6, 6.07) is 9.32. The standard InChI is InChI=1S/C23H26N4O4S2/c1-5-12-27-20(16-10-8-9-11-18(16)30-4)25-26-23(27)32-14-19(28)24-21-17(22(29)31-7-3)13-15(6-2)33-21/h5,8-11,13H,1,6-7,12,14H2,2-4H3,(H,24,28). The summed E-state index contributed by atoms with van der Waals surface area (Å²) in [5, 5.41) is 12.5. The van der Waals surface area contributed by atoms with Crippen molar-refractivity contribution in [2.75, 3.05) is 24.8 Å². The van der Waals surface area contributed by atoms with Crippen molar-refractivity contribution in [1.82, 2.24) is 14.8 Å². The van der Waals surface area contributed by atoms with E-state index >= 15 is 0 Å². The number of hydrogen-bond donors (Lipinski definition) is 1. The van der Waals surface area contributed by atoms with Crippen LogP contribution in [0, 0.1) is 0 Å². The molecule has 0 radical (unpaired) electrons. The van der Waals surface area contributed by atoms with E-state index in [9.17, 15) is 9.59 Å². The van der Waals surface area contributed by atoms with E-state index in [-0.39, 0.29) is 18.3 Å². The lowest BCUT2D eigenvalue weighted by atomic mass is 10.2. The highest BCUT2D eigenvalue weighted by atomic mass is 32.2. The second-order valence-corrected chi connectivity index (χ2v) is 8.85. The van der Waals surface area contributed by atoms with Gasteiger partial charge in [-0.2, -0.15) is 0 Å². The van der Waals surface area contributed by atoms with Crippen molar-refractivity contribution in [3.63, 3.8) is 0 Å². The number of anilines is 1. The number of amides is 1. The van der Waals surface area contributed by atoms with Gasteiger partial charge in [0.25, 0.3) is 0 Å². The van der Waals surface area contributed by atoms with Crippen LogP contribution in [0.5, 0.6) is 5.75 Å². The highest BCUT2D eigenvalue weighted by Gasteiger charge is 2.20. The van der Waals surface area contributed by atoms with E-state index in [1.807, 2.05) is 35.8 Å². The Balaban J connectivity index is 1.76. The molecular weight excluding hydrogens is 460 g/mol. The Morgan fingerprint density at radius 3 is 2.76 bits per heavy atom. The predicted molar refractivity (Wildman–Crippen MR) is 131 cm³/mol. The number of esters is 1. The average molecular weight is 487 g/mol. The molecule has 0 bridgehead atoms. The Labute approximate surface area is 201 Å². The third kappa shape index (κ3) is 5.82. The van der Waals surface area contributed by atoms with E-state index in [2.05, 4.69) is 22.1 Å². The summed E-state index contributed by atoms with van der Waals surface area (Å²) < 4.78 is 12.4. The molecule has 0 aliphatic heterocycles. The first-order chi connectivity index (χ1) is 16.0. The number of nitrogens with one attached hydrogen (secondary N) is 1. The molecule has 2 heterocycles. The van der Waals surface area contributed by atoms with Crippen LogP contribution in [0.1, 0.15) is 29.1 Å². The van der Waals surface area contributed by atoms with Gasteiger partial charge in [0, 0.05) is 11.4 Å². The van der Waals surface area contributed by atoms with Crippen LogP contribution in [-0.4, -0.2) is 46.1 Å². The molecule has 8 nitrogen and oxygen atoms in total. The van der Waals surface area contributed by atoms with Crippen LogP contribution in [0.15, 0.2) is 48.1 Å². The number of carbonyl (C=O) groups is 2. The molecule has 0 saturated heterocycles. The lowest BCUT2D eigenvalue weighted by Gasteiger charge is -2.10. The third-order valence-corrected chi connectivity index (χ3v) is 6.75. The van der Waals surface area contributed by atoms with Gasteiger partial charge in [-0.1, -0.05) is 36.9 Å². The maximum absolute atomic E-state index is 12.7. The first-order valence-electron chi connectivity index (χ1n) is 10.4. The van der Waals surface area contributed by atoms with Crippen molar-refractivity contribution in [3.8, 4) is 17.1 Å². The number of hydrogen-bond acceptors (Lipinski definition) is 8. The van der Waals surface area contributed by atoms with Crippen LogP contribution in [0.3, 0.4) is 0 Å². The highest BCUT2D eigenvalue weighted by Crippen LogP contribution is 2.32. The number of aryl methyl sites for hydroxylation is 1. The number of rotatable bonds is 11. The number of aromatic nitrogens is 3. The number of nitrogens with zero attached hydrogens (tertiary/aromatic N) is 3. The second-order valence-electron chi connectivity index (χ2n) is 6.77. The Hall–Kier alpha value is -3.11. The van der Waals surface area contributed by atoms with Crippen LogP contribution >= 0.6 is 23.1 Å². The number of allylic oxidation sites excluding steroid dienone is 1. The first kappa shape index (κ1) is 24.5. The quantitative estimate of drug-likeness (QED) is 0.239. The fraction of sp³-hybridized carbons (Fsp3) is 0.304. The molecule has 0 fully saturated rings. The summed E-state index contributed by atoms with van der Waals surface area (Å²) in [5.41, 5.74) is 1.18. The van der Waals surface area contributed by atoms with Crippen molar-refractivity contribution in [1.29, 1.82) is 0 Å². The molecule has 10 heteroatoms. The number of thiophene rings is 1. The van der Waals surface area contributed by atoms with E-state index in [4.69, 9.17) is 9.47 Å². The van der Waals surface area contributed by atoms with Gasteiger partial charge in [-0.3, -0.25) is 9.36 Å². The number of para-hydroxylation sites is 1. The molecular formula is C23H26N4O4S2. The van der Waals surface area contributed by atoms with Gasteiger partial charge in [-0.15, -0.1) is 28.1 Å². The Morgan fingerprint density at radius 2 is 2.06 bits per heavy atom. The minimum Gasteiger partial charge on any atom is -0.496 e. The molecule has 174 valence electrons. The smallest absolute Gasteiger partial charge is 0.341 e. The number of methoxy groups -OCH3 is 1. The summed E-state index contributed by atoms with van der Waals surface area (Å²) in [6.07, 6.45) is 2.51. The molecule has 0 aliphatic rings. The number of carbonyl (C=O) groups excluding carboxylic acids is 2. The van der Waals surface area contributed by atoms with Crippen LogP contribution in [0.2, 0.25) is 0 Å². The maximum Gasteiger partial charge on any atom is 0.341 e. The summed E-state index contributed by atoms with van der Waals surface area (Å²) in [7, 11) is 1.60. The van der Waals surface area contributed by atoms with Crippen molar-refractivity contribution >= 4 is 40.0 Å². The first-order valence-corrected chi connectivity index (χ1v) is 12.2. The molecule has 2 aromatic heterocycles. The maximum atomic E-state index is 12.7. The minimum atomic E-state index is -0.441. The van der Waals surface area contributed by atoms with Gasteiger partial charge in [0.2, 0.25) is 5.91 Å². The van der Waals surface area contributed by atoms with Crippen molar-refractivity contribution in [2.45, 2.75) is 32.0 Å². The molecule has 1 aromatic carbocycles. The summed E-state index contributed by atoms with van der Waals surface area (Å²) in [6.45, 7) is 8.31. The van der Waals surface area contributed by atoms with Gasteiger partial charge in [0.05, 0.1) is 30.6 Å². The predicted octanol–water partition coefficient (Wildman–Crippen LogP) is 4.67. The van der Waals surface area contributed by atoms with Crippen LogP contribution in [0.4, 0.5) is 5.00 Å². The minimum absolute atomic E-state index is 0.100. The van der Waals surface area contributed by atoms with Gasteiger partial charge in [0.1, 0.15) is 10.8 Å². The lowest BCUT2D eigenvalue weighted by Crippen LogP contribution is -2.16. The molecule has 3 rings (SSSR count). The van der Waals surface area contributed by atoms with E-state index in [1.165, 1.54) is 23.1 Å². The van der Waals surface area contributed by atoms with Crippen LogP contribution in [0.25, 0.3) is 11.4 Å². The number of thioether (sulfide) groups is 1. The molecule has 1 N–H and O–H groups in total. The van der Waals surface area contributed by atoms with Gasteiger partial charge in [-0.25, -0.2) is 4.79 Å². The van der Waals surface area contributed by atoms with E-state index < -0.39 is 5.97 Å². The van der Waals surface area contributed by atoms with Gasteiger partial charge < -0.3 is 14.8 Å². The summed E-state index contributed by atoms with van der Waals surface area (Å²) in [5.74, 6) is 0.722. The largest absolute Gasteiger partial charge is 0.496 e. The Kier molecular flexibility index (Phi) is 8.67. The van der Waals surface area contributed by atoms with Crippen LogP contribution in [-0.2, 0) is 22.5 Å². The number of benzene rings is 1. The summed E-state index contributed by atoms with van der Waals surface area (Å²) in [4.78, 5) is 25.9. The lowest BCUT2D eigenvalue weighted by molar-refractivity contribution is -0.113. The SMILES string of the molecule is C=CCn1c(SCC(=O)Nc2sc(CC)cc2C(=O)OCC)nnc1-c1ccccc1OC. The fourth-order valence-corrected chi connectivity index (χ4v) is 4.83. The van der Waals surface area contributed by atoms with Gasteiger partial charge in [0.15, 0.2) is 11.0 Å². The molecule has 0 atom stereocenters. The Bertz CT molecular complexity index is 1140. The van der Waals surface area contributed by atoms with Gasteiger partial charge in [-0.05, 0) is 31.5 Å². The molecule has 0 aliphatic carbocycles. The normalized spacial score (nSPS) is 10.6. The molecule has 1 amide bonds. The zero-order valence-corrected chi connectivity index (χ0v) is 20.4. The summed E-state index contributed by atoms with van der Waals surface area (Å²) >= 11 is 2.64. The fourth-order valence-electron chi connectivity index (χ4n) is 3.08.